The van der Waals surface area contributed by atoms with Crippen molar-refractivity contribution in [2.24, 2.45) is 12.8 Å². The van der Waals surface area contributed by atoms with Gasteiger partial charge >= 0.3 is 0 Å². The molecule has 0 aliphatic rings. The Hall–Kier alpha value is -1.88. The third kappa shape index (κ3) is 2.99. The lowest BCUT2D eigenvalue weighted by atomic mass is 9.99. The van der Waals surface area contributed by atoms with Gasteiger partial charge in [0.05, 0.1) is 13.7 Å². The predicted molar refractivity (Wildman–Crippen MR) is 78.8 cm³/mol. The zero-order chi connectivity index (χ0) is 14.7. The zero-order valence-electron chi connectivity index (χ0n) is 12.6. The summed E-state index contributed by atoms with van der Waals surface area (Å²) in [5.41, 5.74) is 8.00. The van der Waals surface area contributed by atoms with Gasteiger partial charge in [0, 0.05) is 19.0 Å². The van der Waals surface area contributed by atoms with E-state index in [0.29, 0.717) is 24.7 Å². The number of ether oxygens (including phenoxy) is 1. The number of nitrogens with zero attached hydrogens (tertiary/aromatic N) is 3. The van der Waals surface area contributed by atoms with Gasteiger partial charge in [-0.05, 0) is 17.5 Å². The van der Waals surface area contributed by atoms with Gasteiger partial charge in [-0.3, -0.25) is 4.68 Å². The largest absolute Gasteiger partial charge is 0.496 e. The molecule has 0 atom stereocenters. The van der Waals surface area contributed by atoms with Gasteiger partial charge in [0.1, 0.15) is 11.6 Å². The predicted octanol–water partition coefficient (Wildman–Crippen LogP) is 2.00. The van der Waals surface area contributed by atoms with Crippen molar-refractivity contribution in [3.05, 3.63) is 41.0 Å². The zero-order valence-corrected chi connectivity index (χ0v) is 12.6. The molecule has 5 nitrogen and oxygen atoms in total. The summed E-state index contributed by atoms with van der Waals surface area (Å²) in [5, 5.41) is 4.28. The van der Waals surface area contributed by atoms with Crippen LogP contribution in [-0.4, -0.2) is 21.9 Å². The van der Waals surface area contributed by atoms with Gasteiger partial charge in [-0.25, -0.2) is 4.98 Å². The average molecular weight is 274 g/mol. The van der Waals surface area contributed by atoms with Crippen LogP contribution in [0.15, 0.2) is 18.2 Å². The van der Waals surface area contributed by atoms with E-state index in [1.165, 1.54) is 5.56 Å². The Labute approximate surface area is 119 Å². The molecule has 0 saturated carbocycles. The summed E-state index contributed by atoms with van der Waals surface area (Å²) in [6, 6.07) is 6.31. The van der Waals surface area contributed by atoms with Crippen LogP contribution in [0.4, 0.5) is 0 Å². The molecule has 0 radical (unpaired) electrons. The molecule has 1 aromatic heterocycles. The third-order valence-electron chi connectivity index (χ3n) is 3.40. The Morgan fingerprint density at radius 1 is 1.35 bits per heavy atom. The number of benzene rings is 1. The van der Waals surface area contributed by atoms with Crippen molar-refractivity contribution < 1.29 is 4.74 Å². The Kier molecular flexibility index (Phi) is 4.39. The third-order valence-corrected chi connectivity index (χ3v) is 3.40. The quantitative estimate of drug-likeness (QED) is 0.905. The van der Waals surface area contributed by atoms with Crippen molar-refractivity contribution in [3.8, 4) is 5.75 Å². The highest BCUT2D eigenvalue weighted by molar-refractivity contribution is 5.40. The monoisotopic (exact) mass is 274 g/mol. The van der Waals surface area contributed by atoms with Crippen molar-refractivity contribution >= 4 is 0 Å². The van der Waals surface area contributed by atoms with Crippen molar-refractivity contribution in [1.29, 1.82) is 0 Å². The molecule has 0 bridgehead atoms. The van der Waals surface area contributed by atoms with Gasteiger partial charge in [-0.15, -0.1) is 0 Å². The normalized spacial score (nSPS) is 11.1. The molecule has 108 valence electrons. The maximum Gasteiger partial charge on any atom is 0.164 e. The first-order valence-electron chi connectivity index (χ1n) is 6.80. The van der Waals surface area contributed by atoms with Crippen LogP contribution >= 0.6 is 0 Å². The van der Waals surface area contributed by atoms with Gasteiger partial charge in [-0.1, -0.05) is 26.0 Å². The SMILES string of the molecule is COc1ccc(C(C)C)cc1Cc1nc(CN)nn1C. The molecule has 2 aromatic rings. The van der Waals surface area contributed by atoms with Crippen LogP contribution < -0.4 is 10.5 Å². The van der Waals surface area contributed by atoms with Crippen LogP contribution in [0, 0.1) is 0 Å². The Bertz CT molecular complexity index is 590. The van der Waals surface area contributed by atoms with E-state index in [0.717, 1.165) is 17.1 Å². The minimum atomic E-state index is 0.358. The molecular formula is C15H22N4O. The first-order valence-corrected chi connectivity index (χ1v) is 6.80. The Morgan fingerprint density at radius 3 is 2.65 bits per heavy atom. The smallest absolute Gasteiger partial charge is 0.164 e. The fourth-order valence-corrected chi connectivity index (χ4v) is 2.18. The van der Waals surface area contributed by atoms with Crippen LogP contribution in [0.2, 0.25) is 0 Å². The summed E-state index contributed by atoms with van der Waals surface area (Å²) in [7, 11) is 3.58. The summed E-state index contributed by atoms with van der Waals surface area (Å²) >= 11 is 0. The molecule has 0 unspecified atom stereocenters. The molecule has 1 heterocycles. The second-order valence-corrected chi connectivity index (χ2v) is 5.17. The van der Waals surface area contributed by atoms with Crippen LogP contribution in [0.1, 0.15) is 42.5 Å². The Morgan fingerprint density at radius 2 is 2.10 bits per heavy atom. The molecule has 20 heavy (non-hydrogen) atoms. The van der Waals surface area contributed by atoms with Crippen LogP contribution in [-0.2, 0) is 20.0 Å². The lowest BCUT2D eigenvalue weighted by Gasteiger charge is -2.12. The van der Waals surface area contributed by atoms with Crippen LogP contribution in [0.5, 0.6) is 5.75 Å². The number of hydrogen-bond acceptors (Lipinski definition) is 4. The summed E-state index contributed by atoms with van der Waals surface area (Å²) in [6.45, 7) is 4.72. The van der Waals surface area contributed by atoms with E-state index in [1.54, 1.807) is 11.8 Å². The fraction of sp³-hybridized carbons (Fsp3) is 0.467. The molecule has 0 aliphatic heterocycles. The summed E-state index contributed by atoms with van der Waals surface area (Å²) in [5.74, 6) is 2.93. The van der Waals surface area contributed by atoms with Gasteiger partial charge < -0.3 is 10.5 Å². The molecule has 0 saturated heterocycles. The maximum absolute atomic E-state index is 5.58. The number of aromatic nitrogens is 3. The molecule has 0 amide bonds. The van der Waals surface area contributed by atoms with Crippen molar-refractivity contribution in [1.82, 2.24) is 14.8 Å². The standard InChI is InChI=1S/C15H22N4O/c1-10(2)11-5-6-13(20-4)12(7-11)8-15-17-14(9-16)18-19(15)3/h5-7,10H,8-9,16H2,1-4H3. The van der Waals surface area contributed by atoms with Crippen LogP contribution in [0.3, 0.4) is 0 Å². The van der Waals surface area contributed by atoms with Crippen molar-refractivity contribution in [2.75, 3.05) is 7.11 Å². The topological polar surface area (TPSA) is 66.0 Å². The second kappa shape index (κ2) is 6.05. The highest BCUT2D eigenvalue weighted by Gasteiger charge is 2.12. The van der Waals surface area contributed by atoms with E-state index in [4.69, 9.17) is 10.5 Å². The molecule has 5 heteroatoms. The van der Waals surface area contributed by atoms with Gasteiger partial charge in [0.2, 0.25) is 0 Å². The van der Waals surface area contributed by atoms with Gasteiger partial charge in [0.15, 0.2) is 5.82 Å². The lowest BCUT2D eigenvalue weighted by molar-refractivity contribution is 0.409. The second-order valence-electron chi connectivity index (χ2n) is 5.17. The molecule has 0 aliphatic carbocycles. The van der Waals surface area contributed by atoms with E-state index in [1.807, 2.05) is 13.1 Å². The molecular weight excluding hydrogens is 252 g/mol. The molecule has 0 spiro atoms. The van der Waals surface area contributed by atoms with Crippen LogP contribution in [0.25, 0.3) is 0 Å². The van der Waals surface area contributed by atoms with E-state index in [-0.39, 0.29) is 0 Å². The maximum atomic E-state index is 5.58. The number of aryl methyl sites for hydroxylation is 1. The summed E-state index contributed by atoms with van der Waals surface area (Å²) < 4.78 is 7.22. The minimum absolute atomic E-state index is 0.358. The number of hydrogen-bond donors (Lipinski definition) is 1. The molecule has 1 aromatic carbocycles. The minimum Gasteiger partial charge on any atom is -0.496 e. The molecule has 2 rings (SSSR count). The van der Waals surface area contributed by atoms with Gasteiger partial charge in [0.25, 0.3) is 0 Å². The Balaban J connectivity index is 2.35. The first-order chi connectivity index (χ1) is 9.55. The van der Waals surface area contributed by atoms with E-state index in [9.17, 15) is 0 Å². The van der Waals surface area contributed by atoms with Crippen molar-refractivity contribution in [3.63, 3.8) is 0 Å². The van der Waals surface area contributed by atoms with Crippen molar-refractivity contribution in [2.45, 2.75) is 32.7 Å². The van der Waals surface area contributed by atoms with E-state index in [2.05, 4.69) is 36.1 Å². The summed E-state index contributed by atoms with van der Waals surface area (Å²) in [6.07, 6.45) is 0.688. The first kappa shape index (κ1) is 14.5. The summed E-state index contributed by atoms with van der Waals surface area (Å²) in [4.78, 5) is 4.44. The molecule has 2 N–H and O–H groups in total. The van der Waals surface area contributed by atoms with Gasteiger partial charge in [-0.2, -0.15) is 5.10 Å². The number of rotatable bonds is 5. The van der Waals surface area contributed by atoms with E-state index < -0.39 is 0 Å². The average Bonchev–Trinajstić information content (AvgIpc) is 2.79. The van der Waals surface area contributed by atoms with E-state index >= 15 is 0 Å². The number of methoxy groups -OCH3 is 1. The highest BCUT2D eigenvalue weighted by Crippen LogP contribution is 2.25. The lowest BCUT2D eigenvalue weighted by Crippen LogP contribution is -2.03. The number of nitrogens with two attached hydrogens (primary N) is 1. The fourth-order valence-electron chi connectivity index (χ4n) is 2.18. The molecule has 0 fully saturated rings. The highest BCUT2D eigenvalue weighted by atomic mass is 16.5.